The van der Waals surface area contributed by atoms with E-state index in [0.29, 0.717) is 12.8 Å². The molecule has 0 aliphatic heterocycles. The number of carbonyl (C=O) groups excluding carboxylic acids is 1. The second kappa shape index (κ2) is 5.40. The average molecular weight is 248 g/mol. The summed E-state index contributed by atoms with van der Waals surface area (Å²) in [7, 11) is 0. The van der Waals surface area contributed by atoms with Gasteiger partial charge in [0.1, 0.15) is 0 Å². The summed E-state index contributed by atoms with van der Waals surface area (Å²) >= 11 is 0. The molecular formula is C14H20N2O2. The van der Waals surface area contributed by atoms with E-state index in [1.807, 2.05) is 37.3 Å². The minimum absolute atomic E-state index is 0.00133. The van der Waals surface area contributed by atoms with Crippen LogP contribution in [0.25, 0.3) is 0 Å². The summed E-state index contributed by atoms with van der Waals surface area (Å²) < 4.78 is 0. The molecule has 1 amide bonds. The molecule has 4 heteroatoms. The number of anilines is 1. The quantitative estimate of drug-likeness (QED) is 0.718. The van der Waals surface area contributed by atoms with Crippen molar-refractivity contribution < 1.29 is 9.90 Å². The molecule has 0 atom stereocenters. The van der Waals surface area contributed by atoms with Crippen molar-refractivity contribution in [3.8, 4) is 0 Å². The fraction of sp³-hybridized carbons (Fsp3) is 0.500. The molecule has 1 aliphatic rings. The highest BCUT2D eigenvalue weighted by Gasteiger charge is 2.31. The van der Waals surface area contributed by atoms with Crippen LogP contribution in [0.3, 0.4) is 0 Å². The van der Waals surface area contributed by atoms with Crippen molar-refractivity contribution in [1.29, 1.82) is 0 Å². The van der Waals surface area contributed by atoms with Crippen molar-refractivity contribution in [1.82, 2.24) is 5.43 Å². The first kappa shape index (κ1) is 12.9. The SMILES string of the molecule is CC1(O)CCC(C(=O)NNc2ccccc2)CC1. The zero-order chi connectivity index (χ0) is 13.0. The van der Waals surface area contributed by atoms with Gasteiger partial charge in [-0.25, -0.2) is 0 Å². The highest BCUT2D eigenvalue weighted by molar-refractivity contribution is 5.80. The molecule has 1 aromatic carbocycles. The number of rotatable bonds is 3. The molecule has 1 aromatic rings. The fourth-order valence-electron chi connectivity index (χ4n) is 2.26. The van der Waals surface area contributed by atoms with Gasteiger partial charge in [0, 0.05) is 5.92 Å². The second-order valence-electron chi connectivity index (χ2n) is 5.25. The number of amides is 1. The number of hydrazine groups is 1. The van der Waals surface area contributed by atoms with Crippen molar-refractivity contribution in [2.24, 2.45) is 5.92 Å². The lowest BCUT2D eigenvalue weighted by molar-refractivity contribution is -0.127. The molecule has 1 aliphatic carbocycles. The molecule has 0 radical (unpaired) electrons. The van der Waals surface area contributed by atoms with Crippen molar-refractivity contribution in [3.05, 3.63) is 30.3 Å². The normalized spacial score (nSPS) is 27.6. The van der Waals surface area contributed by atoms with Crippen molar-refractivity contribution in [3.63, 3.8) is 0 Å². The molecule has 0 spiro atoms. The minimum atomic E-state index is -0.594. The topological polar surface area (TPSA) is 61.4 Å². The number of aliphatic hydroxyl groups is 1. The lowest BCUT2D eigenvalue weighted by atomic mass is 9.80. The van der Waals surface area contributed by atoms with Crippen LogP contribution < -0.4 is 10.9 Å². The van der Waals surface area contributed by atoms with Gasteiger partial charge in [0.25, 0.3) is 0 Å². The molecule has 18 heavy (non-hydrogen) atoms. The Hall–Kier alpha value is -1.55. The van der Waals surface area contributed by atoms with E-state index in [1.165, 1.54) is 0 Å². The Morgan fingerprint density at radius 2 is 1.89 bits per heavy atom. The van der Waals surface area contributed by atoms with Gasteiger partial charge in [-0.2, -0.15) is 0 Å². The zero-order valence-corrected chi connectivity index (χ0v) is 10.6. The molecule has 0 heterocycles. The lowest BCUT2D eigenvalue weighted by Crippen LogP contribution is -2.40. The van der Waals surface area contributed by atoms with E-state index < -0.39 is 5.60 Å². The van der Waals surface area contributed by atoms with E-state index in [0.717, 1.165) is 18.5 Å². The molecule has 3 N–H and O–H groups in total. The van der Waals surface area contributed by atoms with E-state index in [2.05, 4.69) is 10.9 Å². The highest BCUT2D eigenvalue weighted by atomic mass is 16.3. The van der Waals surface area contributed by atoms with E-state index in [4.69, 9.17) is 0 Å². The van der Waals surface area contributed by atoms with Crippen LogP contribution in [0, 0.1) is 5.92 Å². The van der Waals surface area contributed by atoms with Gasteiger partial charge in [-0.3, -0.25) is 15.6 Å². The Morgan fingerprint density at radius 1 is 1.28 bits per heavy atom. The summed E-state index contributed by atoms with van der Waals surface area (Å²) in [5, 5.41) is 9.83. The van der Waals surface area contributed by atoms with E-state index >= 15 is 0 Å². The number of hydrogen-bond acceptors (Lipinski definition) is 3. The van der Waals surface area contributed by atoms with Crippen LogP contribution in [-0.2, 0) is 4.79 Å². The molecular weight excluding hydrogens is 228 g/mol. The Balaban J connectivity index is 1.79. The first-order valence-electron chi connectivity index (χ1n) is 6.40. The van der Waals surface area contributed by atoms with Crippen molar-refractivity contribution in [2.75, 3.05) is 5.43 Å². The number of carbonyl (C=O) groups is 1. The summed E-state index contributed by atoms with van der Waals surface area (Å²) in [6, 6.07) is 9.53. The summed E-state index contributed by atoms with van der Waals surface area (Å²) in [5.41, 5.74) is 5.90. The number of hydrogen-bond donors (Lipinski definition) is 3. The first-order chi connectivity index (χ1) is 8.57. The molecule has 0 unspecified atom stereocenters. The Kier molecular flexibility index (Phi) is 3.87. The summed E-state index contributed by atoms with van der Waals surface area (Å²) in [6.07, 6.45) is 2.87. The van der Waals surface area contributed by atoms with Gasteiger partial charge in [-0.1, -0.05) is 18.2 Å². The van der Waals surface area contributed by atoms with Gasteiger partial charge in [0.15, 0.2) is 0 Å². The largest absolute Gasteiger partial charge is 0.390 e. The third kappa shape index (κ3) is 3.47. The van der Waals surface area contributed by atoms with E-state index in [1.54, 1.807) is 0 Å². The van der Waals surface area contributed by atoms with Crippen molar-refractivity contribution >= 4 is 11.6 Å². The third-order valence-electron chi connectivity index (χ3n) is 3.54. The van der Waals surface area contributed by atoms with Gasteiger partial charge in [-0.15, -0.1) is 0 Å². The number of benzene rings is 1. The van der Waals surface area contributed by atoms with Crippen LogP contribution in [-0.4, -0.2) is 16.6 Å². The van der Waals surface area contributed by atoms with Crippen LogP contribution in [0.4, 0.5) is 5.69 Å². The van der Waals surface area contributed by atoms with Crippen LogP contribution in [0.5, 0.6) is 0 Å². The maximum Gasteiger partial charge on any atom is 0.241 e. The smallest absolute Gasteiger partial charge is 0.241 e. The zero-order valence-electron chi connectivity index (χ0n) is 10.6. The van der Waals surface area contributed by atoms with Crippen LogP contribution in [0.1, 0.15) is 32.6 Å². The second-order valence-corrected chi connectivity index (χ2v) is 5.25. The average Bonchev–Trinajstić information content (AvgIpc) is 2.37. The summed E-state index contributed by atoms with van der Waals surface area (Å²) in [4.78, 5) is 11.9. The first-order valence-corrected chi connectivity index (χ1v) is 6.40. The fourth-order valence-corrected chi connectivity index (χ4v) is 2.26. The molecule has 4 nitrogen and oxygen atoms in total. The standard InChI is InChI=1S/C14H20N2O2/c1-14(18)9-7-11(8-10-14)13(17)16-15-12-5-3-2-4-6-12/h2-6,11,15,18H,7-10H2,1H3,(H,16,17). The molecule has 2 rings (SSSR count). The Morgan fingerprint density at radius 3 is 2.50 bits per heavy atom. The van der Waals surface area contributed by atoms with E-state index in [-0.39, 0.29) is 11.8 Å². The molecule has 1 saturated carbocycles. The van der Waals surface area contributed by atoms with Gasteiger partial charge in [0.05, 0.1) is 11.3 Å². The molecule has 98 valence electrons. The van der Waals surface area contributed by atoms with Gasteiger partial charge >= 0.3 is 0 Å². The van der Waals surface area contributed by atoms with Crippen LogP contribution in [0.15, 0.2) is 30.3 Å². The minimum Gasteiger partial charge on any atom is -0.390 e. The highest BCUT2D eigenvalue weighted by Crippen LogP contribution is 2.31. The van der Waals surface area contributed by atoms with Crippen LogP contribution in [0.2, 0.25) is 0 Å². The third-order valence-corrected chi connectivity index (χ3v) is 3.54. The van der Waals surface area contributed by atoms with E-state index in [9.17, 15) is 9.90 Å². The van der Waals surface area contributed by atoms with Gasteiger partial charge < -0.3 is 5.11 Å². The molecule has 1 fully saturated rings. The maximum atomic E-state index is 11.9. The monoisotopic (exact) mass is 248 g/mol. The van der Waals surface area contributed by atoms with Gasteiger partial charge in [-0.05, 0) is 44.7 Å². The molecule has 0 saturated heterocycles. The Bertz CT molecular complexity index is 394. The molecule has 0 bridgehead atoms. The predicted molar refractivity (Wildman–Crippen MR) is 70.8 cm³/mol. The van der Waals surface area contributed by atoms with Crippen molar-refractivity contribution in [2.45, 2.75) is 38.2 Å². The Labute approximate surface area is 107 Å². The predicted octanol–water partition coefficient (Wildman–Crippen LogP) is 2.07. The van der Waals surface area contributed by atoms with Crippen LogP contribution >= 0.6 is 0 Å². The maximum absolute atomic E-state index is 11.9. The number of para-hydroxylation sites is 1. The summed E-state index contributed by atoms with van der Waals surface area (Å²) in [6.45, 7) is 1.84. The number of nitrogens with one attached hydrogen (secondary N) is 2. The summed E-state index contributed by atoms with van der Waals surface area (Å²) in [5.74, 6) is 0.00999. The molecule has 0 aromatic heterocycles. The van der Waals surface area contributed by atoms with Gasteiger partial charge in [0.2, 0.25) is 5.91 Å². The lowest BCUT2D eigenvalue weighted by Gasteiger charge is -2.32.